The molecule has 8 nitrogen and oxygen atoms in total. The molecule has 1 aromatic heterocycles. The molecule has 1 aliphatic heterocycles. The summed E-state index contributed by atoms with van der Waals surface area (Å²) in [5.74, 6) is 0. The second-order valence-corrected chi connectivity index (χ2v) is 5.71. The number of aromatic amines is 1. The van der Waals surface area contributed by atoms with Gasteiger partial charge in [0.25, 0.3) is 5.56 Å². The first kappa shape index (κ1) is 16.6. The van der Waals surface area contributed by atoms with Gasteiger partial charge in [0, 0.05) is 18.2 Å². The Morgan fingerprint density at radius 2 is 1.83 bits per heavy atom. The largest absolute Gasteiger partial charge is 0.394 e. The first-order valence-corrected chi connectivity index (χ1v) is 7.52. The van der Waals surface area contributed by atoms with Crippen LogP contribution >= 0.6 is 0 Å². The number of aliphatic hydroxyl groups is 3. The number of hydrogen-bond donors (Lipinski definition) is 4. The highest BCUT2D eigenvalue weighted by Gasteiger charge is 2.43. The van der Waals surface area contributed by atoms with E-state index in [1.165, 1.54) is 6.20 Å². The van der Waals surface area contributed by atoms with Gasteiger partial charge in [-0.15, -0.1) is 0 Å². The minimum Gasteiger partial charge on any atom is -0.394 e. The molecule has 0 saturated carbocycles. The molecular formula is C16H18N2O6. The first-order valence-electron chi connectivity index (χ1n) is 7.52. The third-order valence-corrected chi connectivity index (χ3v) is 4.07. The number of H-pyrrole nitrogens is 1. The first-order chi connectivity index (χ1) is 11.5. The monoisotopic (exact) mass is 334 g/mol. The van der Waals surface area contributed by atoms with Crippen LogP contribution in [0.15, 0.2) is 46.1 Å². The summed E-state index contributed by atoms with van der Waals surface area (Å²) >= 11 is 0. The fourth-order valence-electron chi connectivity index (χ4n) is 2.77. The van der Waals surface area contributed by atoms with E-state index in [0.29, 0.717) is 12.0 Å². The Morgan fingerprint density at radius 3 is 2.46 bits per heavy atom. The van der Waals surface area contributed by atoms with E-state index in [0.717, 1.165) is 10.1 Å². The van der Waals surface area contributed by atoms with Crippen LogP contribution in [0.3, 0.4) is 0 Å². The Bertz CT molecular complexity index is 815. The van der Waals surface area contributed by atoms with Crippen LogP contribution in [0.5, 0.6) is 0 Å². The lowest BCUT2D eigenvalue weighted by molar-refractivity contribution is -0.0551. The van der Waals surface area contributed by atoms with Crippen molar-refractivity contribution in [3.8, 4) is 0 Å². The van der Waals surface area contributed by atoms with Crippen LogP contribution in [0.2, 0.25) is 0 Å². The summed E-state index contributed by atoms with van der Waals surface area (Å²) in [6, 6.07) is 9.23. The predicted octanol–water partition coefficient (Wildman–Crippen LogP) is -1.26. The smallest absolute Gasteiger partial charge is 0.330 e. The molecule has 1 fully saturated rings. The number of aromatic nitrogens is 2. The number of rotatable bonds is 4. The Labute approximate surface area is 136 Å². The SMILES string of the molecule is O=c1[nH]c(=O)n([C@@H]2O[C@H](CO)[C@@H](O)[C@H]2O)cc1Cc1ccccc1. The predicted molar refractivity (Wildman–Crippen MR) is 83.6 cm³/mol. The van der Waals surface area contributed by atoms with Crippen molar-refractivity contribution in [1.29, 1.82) is 0 Å². The Kier molecular flexibility index (Phi) is 4.63. The Balaban J connectivity index is 1.96. The number of nitrogens with one attached hydrogen (secondary N) is 1. The molecule has 1 aromatic carbocycles. The van der Waals surface area contributed by atoms with Crippen molar-refractivity contribution in [2.45, 2.75) is 31.0 Å². The maximum Gasteiger partial charge on any atom is 0.330 e. The molecule has 0 amide bonds. The molecule has 24 heavy (non-hydrogen) atoms. The molecule has 0 bridgehead atoms. The molecular weight excluding hydrogens is 316 g/mol. The zero-order chi connectivity index (χ0) is 17.3. The maximum atomic E-state index is 12.1. The third-order valence-electron chi connectivity index (χ3n) is 4.07. The van der Waals surface area contributed by atoms with Gasteiger partial charge in [-0.3, -0.25) is 14.3 Å². The van der Waals surface area contributed by atoms with E-state index in [9.17, 15) is 19.8 Å². The molecule has 4 atom stereocenters. The molecule has 2 heterocycles. The number of nitrogens with zero attached hydrogens (tertiary/aromatic N) is 1. The summed E-state index contributed by atoms with van der Waals surface area (Å²) in [5, 5.41) is 29.0. The van der Waals surface area contributed by atoms with Crippen molar-refractivity contribution in [3.05, 3.63) is 68.5 Å². The fourth-order valence-corrected chi connectivity index (χ4v) is 2.77. The summed E-state index contributed by atoms with van der Waals surface area (Å²) < 4.78 is 6.37. The Morgan fingerprint density at radius 1 is 1.12 bits per heavy atom. The van der Waals surface area contributed by atoms with Crippen LogP contribution in [0.4, 0.5) is 0 Å². The van der Waals surface area contributed by atoms with Gasteiger partial charge in [-0.25, -0.2) is 4.79 Å². The standard InChI is InChI=1S/C16H18N2O6/c19-8-11-12(20)13(21)15(24-11)18-7-10(14(22)17-16(18)23)6-9-4-2-1-3-5-9/h1-5,7,11-13,15,19-21H,6,8H2,(H,17,22,23)/t11-,12-,13-,15-/m1/s1. The molecule has 4 N–H and O–H groups in total. The van der Waals surface area contributed by atoms with E-state index < -0.39 is 42.4 Å². The van der Waals surface area contributed by atoms with E-state index >= 15 is 0 Å². The van der Waals surface area contributed by atoms with Gasteiger partial charge in [0.15, 0.2) is 6.23 Å². The summed E-state index contributed by atoms with van der Waals surface area (Å²) in [4.78, 5) is 26.3. The topological polar surface area (TPSA) is 125 Å². The molecule has 2 aromatic rings. The lowest BCUT2D eigenvalue weighted by Gasteiger charge is -2.18. The summed E-state index contributed by atoms with van der Waals surface area (Å²) in [6.07, 6.45) is -3.29. The highest BCUT2D eigenvalue weighted by Crippen LogP contribution is 2.28. The average molecular weight is 334 g/mol. The Hall–Kier alpha value is -2.26. The fraction of sp³-hybridized carbons (Fsp3) is 0.375. The molecule has 0 spiro atoms. The summed E-state index contributed by atoms with van der Waals surface area (Å²) in [7, 11) is 0. The van der Waals surface area contributed by atoms with Crippen LogP contribution in [0.25, 0.3) is 0 Å². The minimum absolute atomic E-state index is 0.297. The molecule has 3 rings (SSSR count). The molecule has 0 unspecified atom stereocenters. The molecule has 1 saturated heterocycles. The highest BCUT2D eigenvalue weighted by atomic mass is 16.6. The van der Waals surface area contributed by atoms with Gasteiger partial charge in [-0.1, -0.05) is 30.3 Å². The molecule has 8 heteroatoms. The zero-order valence-electron chi connectivity index (χ0n) is 12.7. The van der Waals surface area contributed by atoms with Crippen LogP contribution in [-0.2, 0) is 11.2 Å². The number of hydrogen-bond acceptors (Lipinski definition) is 6. The maximum absolute atomic E-state index is 12.1. The molecule has 0 radical (unpaired) electrons. The van der Waals surface area contributed by atoms with E-state index in [4.69, 9.17) is 9.84 Å². The second-order valence-electron chi connectivity index (χ2n) is 5.71. The normalized spacial score (nSPS) is 26.6. The van der Waals surface area contributed by atoms with E-state index in [-0.39, 0.29) is 0 Å². The van der Waals surface area contributed by atoms with Gasteiger partial charge < -0.3 is 20.1 Å². The van der Waals surface area contributed by atoms with E-state index in [1.54, 1.807) is 0 Å². The van der Waals surface area contributed by atoms with Crippen molar-refractivity contribution in [2.75, 3.05) is 6.61 Å². The van der Waals surface area contributed by atoms with Crippen LogP contribution in [0.1, 0.15) is 17.4 Å². The van der Waals surface area contributed by atoms with Crippen LogP contribution in [0, 0.1) is 0 Å². The van der Waals surface area contributed by atoms with E-state index in [2.05, 4.69) is 4.98 Å². The minimum atomic E-state index is -1.39. The quantitative estimate of drug-likeness (QED) is 0.553. The van der Waals surface area contributed by atoms with Gasteiger partial charge >= 0.3 is 5.69 Å². The number of aliphatic hydroxyl groups excluding tert-OH is 3. The zero-order valence-corrected chi connectivity index (χ0v) is 12.7. The number of benzene rings is 1. The molecule has 128 valence electrons. The van der Waals surface area contributed by atoms with Gasteiger partial charge in [-0.05, 0) is 5.56 Å². The van der Waals surface area contributed by atoms with Gasteiger partial charge in [0.1, 0.15) is 18.3 Å². The lowest BCUT2D eigenvalue weighted by atomic mass is 10.1. The van der Waals surface area contributed by atoms with Gasteiger partial charge in [0.05, 0.1) is 6.61 Å². The number of ether oxygens (including phenoxy) is 1. The van der Waals surface area contributed by atoms with E-state index in [1.807, 2.05) is 30.3 Å². The van der Waals surface area contributed by atoms with Gasteiger partial charge in [-0.2, -0.15) is 0 Å². The molecule has 0 aliphatic carbocycles. The van der Waals surface area contributed by atoms with Crippen molar-refractivity contribution < 1.29 is 20.1 Å². The molecule has 1 aliphatic rings. The lowest BCUT2D eigenvalue weighted by Crippen LogP contribution is -2.39. The van der Waals surface area contributed by atoms with Crippen molar-refractivity contribution >= 4 is 0 Å². The average Bonchev–Trinajstić information content (AvgIpc) is 2.86. The van der Waals surface area contributed by atoms with Gasteiger partial charge in [0.2, 0.25) is 0 Å². The van der Waals surface area contributed by atoms with Crippen LogP contribution in [-0.4, -0.2) is 49.8 Å². The van der Waals surface area contributed by atoms with Crippen LogP contribution < -0.4 is 11.2 Å². The van der Waals surface area contributed by atoms with Crippen molar-refractivity contribution in [1.82, 2.24) is 9.55 Å². The summed E-state index contributed by atoms with van der Waals surface area (Å²) in [5.41, 5.74) is -0.0774. The summed E-state index contributed by atoms with van der Waals surface area (Å²) in [6.45, 7) is -0.496. The second kappa shape index (κ2) is 6.70. The third kappa shape index (κ3) is 3.04. The van der Waals surface area contributed by atoms with Crippen molar-refractivity contribution in [3.63, 3.8) is 0 Å². The van der Waals surface area contributed by atoms with Crippen molar-refractivity contribution in [2.24, 2.45) is 0 Å². The highest BCUT2D eigenvalue weighted by molar-refractivity contribution is 5.22.